The molecule has 0 aliphatic heterocycles. The number of carboxylic acid groups (broad SMARTS) is 2. The molecule has 0 spiro atoms. The Kier molecular flexibility index (Phi) is 13.5. The molecule has 0 aliphatic rings. The van der Waals surface area contributed by atoms with Crippen molar-refractivity contribution in [2.24, 2.45) is 10.8 Å². The molecule has 0 unspecified atom stereocenters. The summed E-state index contributed by atoms with van der Waals surface area (Å²) in [5, 5.41) is 18.9. The van der Waals surface area contributed by atoms with Crippen LogP contribution in [0.25, 0.3) is 0 Å². The molecule has 0 heterocycles. The molecular formula is C18H35NaO4. The second-order valence-corrected chi connectivity index (χ2v) is 7.34. The van der Waals surface area contributed by atoms with Crippen LogP contribution in [0.15, 0.2) is 0 Å². The number of carbonyl (C=O) groups is 2. The first kappa shape index (κ1) is 25.2. The Morgan fingerprint density at radius 2 is 1.13 bits per heavy atom. The Morgan fingerprint density at radius 3 is 1.43 bits per heavy atom. The molecule has 4 nitrogen and oxygen atoms in total. The summed E-state index contributed by atoms with van der Waals surface area (Å²) in [4.78, 5) is 23.2. The van der Waals surface area contributed by atoms with Gasteiger partial charge in [0.1, 0.15) is 0 Å². The van der Waals surface area contributed by atoms with Crippen molar-refractivity contribution in [1.29, 1.82) is 0 Å². The summed E-state index contributed by atoms with van der Waals surface area (Å²) in [5.41, 5.74) is -2.49. The molecule has 0 aliphatic carbocycles. The maximum atomic E-state index is 11.6. The Morgan fingerprint density at radius 1 is 0.783 bits per heavy atom. The molecule has 0 fully saturated rings. The standard InChI is InChI=1S/C18H34O4.Na.H/c1-5-6-7-8-9-10-11-12-13-14-18(15(19)20,16(21)22)17(2,3)4;;/h5-14H2,1-4H3,(H,19,20)(H,21,22);;/q;+1;-1. The van der Waals surface area contributed by atoms with E-state index in [0.29, 0.717) is 6.42 Å². The molecule has 0 aromatic rings. The van der Waals surface area contributed by atoms with Crippen LogP contribution < -0.4 is 29.6 Å². The first-order valence-corrected chi connectivity index (χ1v) is 8.67. The Balaban J connectivity index is -0.00000220. The van der Waals surface area contributed by atoms with Crippen LogP contribution >= 0.6 is 0 Å². The van der Waals surface area contributed by atoms with Gasteiger partial charge in [0.2, 0.25) is 0 Å². The molecular weight excluding hydrogens is 303 g/mol. The van der Waals surface area contributed by atoms with Gasteiger partial charge in [-0.1, -0.05) is 85.5 Å². The topological polar surface area (TPSA) is 74.6 Å². The molecule has 0 aromatic carbocycles. The summed E-state index contributed by atoms with van der Waals surface area (Å²) in [7, 11) is 0. The average molecular weight is 338 g/mol. The van der Waals surface area contributed by atoms with E-state index >= 15 is 0 Å². The van der Waals surface area contributed by atoms with E-state index in [2.05, 4.69) is 6.92 Å². The van der Waals surface area contributed by atoms with Crippen LogP contribution in [0.1, 0.15) is 93.3 Å². The van der Waals surface area contributed by atoms with Crippen LogP contribution in [0.3, 0.4) is 0 Å². The van der Waals surface area contributed by atoms with E-state index in [1.807, 2.05) is 0 Å². The van der Waals surface area contributed by atoms with E-state index in [-0.39, 0.29) is 37.4 Å². The van der Waals surface area contributed by atoms with E-state index in [1.165, 1.54) is 32.1 Å². The van der Waals surface area contributed by atoms with Gasteiger partial charge in [-0.25, -0.2) is 0 Å². The monoisotopic (exact) mass is 338 g/mol. The first-order chi connectivity index (χ1) is 10.2. The third-order valence-corrected chi connectivity index (χ3v) is 4.67. The van der Waals surface area contributed by atoms with Crippen molar-refractivity contribution in [2.45, 2.75) is 91.9 Å². The van der Waals surface area contributed by atoms with Crippen molar-refractivity contribution < 1.29 is 50.8 Å². The van der Waals surface area contributed by atoms with Crippen LogP contribution in [0, 0.1) is 10.8 Å². The maximum Gasteiger partial charge on any atom is 1.00 e. The van der Waals surface area contributed by atoms with Crippen LogP contribution in [0.4, 0.5) is 0 Å². The Labute approximate surface area is 165 Å². The maximum absolute atomic E-state index is 11.6. The Hall–Kier alpha value is -0.0600. The smallest absolute Gasteiger partial charge is 1.00 e. The van der Waals surface area contributed by atoms with E-state index in [1.54, 1.807) is 20.8 Å². The van der Waals surface area contributed by atoms with Gasteiger partial charge in [-0.15, -0.1) is 0 Å². The molecule has 0 aromatic heterocycles. The number of unbranched alkanes of at least 4 members (excludes halogenated alkanes) is 8. The Bertz CT molecular complexity index is 339. The minimum absolute atomic E-state index is 0. The first-order valence-electron chi connectivity index (χ1n) is 8.67. The normalized spacial score (nSPS) is 11.8. The van der Waals surface area contributed by atoms with Gasteiger partial charge in [-0.2, -0.15) is 0 Å². The van der Waals surface area contributed by atoms with Gasteiger partial charge in [0, 0.05) is 0 Å². The van der Waals surface area contributed by atoms with Crippen LogP contribution in [-0.2, 0) is 9.59 Å². The van der Waals surface area contributed by atoms with Crippen molar-refractivity contribution in [2.75, 3.05) is 0 Å². The van der Waals surface area contributed by atoms with E-state index in [0.717, 1.165) is 19.3 Å². The van der Waals surface area contributed by atoms with Gasteiger partial charge in [0.25, 0.3) is 0 Å². The predicted octanol–water partition coefficient (Wildman–Crippen LogP) is 2.23. The van der Waals surface area contributed by atoms with E-state index in [4.69, 9.17) is 0 Å². The van der Waals surface area contributed by atoms with Crippen molar-refractivity contribution in [3.8, 4) is 0 Å². The molecule has 0 saturated heterocycles. The van der Waals surface area contributed by atoms with Crippen molar-refractivity contribution in [3.05, 3.63) is 0 Å². The van der Waals surface area contributed by atoms with Gasteiger partial charge in [0.15, 0.2) is 5.41 Å². The van der Waals surface area contributed by atoms with Gasteiger partial charge in [0.05, 0.1) is 0 Å². The van der Waals surface area contributed by atoms with Gasteiger partial charge in [-0.3, -0.25) is 9.59 Å². The summed E-state index contributed by atoms with van der Waals surface area (Å²) >= 11 is 0. The fraction of sp³-hybridized carbons (Fsp3) is 0.889. The minimum atomic E-state index is -1.69. The number of carboxylic acids is 2. The zero-order valence-corrected chi connectivity index (χ0v) is 17.8. The fourth-order valence-electron chi connectivity index (χ4n) is 3.02. The van der Waals surface area contributed by atoms with Crippen LogP contribution in [-0.4, -0.2) is 22.2 Å². The summed E-state index contributed by atoms with van der Waals surface area (Å²) in [6, 6.07) is 0. The summed E-state index contributed by atoms with van der Waals surface area (Å²) in [6.07, 6.45) is 10.3. The van der Waals surface area contributed by atoms with Gasteiger partial charge >= 0.3 is 41.5 Å². The molecule has 0 radical (unpaired) electrons. The minimum Gasteiger partial charge on any atom is -1.00 e. The summed E-state index contributed by atoms with van der Waals surface area (Å²) < 4.78 is 0. The number of hydrogen-bond acceptors (Lipinski definition) is 2. The SMILES string of the molecule is CCCCCCCCCCCC(C(=O)O)(C(=O)O)C(C)(C)C.[H-].[Na+]. The van der Waals surface area contributed by atoms with Crippen molar-refractivity contribution in [1.82, 2.24) is 0 Å². The predicted molar refractivity (Wildman–Crippen MR) is 90.1 cm³/mol. The third-order valence-electron chi connectivity index (χ3n) is 4.67. The summed E-state index contributed by atoms with van der Waals surface area (Å²) in [6.45, 7) is 7.29. The number of rotatable bonds is 12. The molecule has 0 saturated carbocycles. The van der Waals surface area contributed by atoms with E-state index in [9.17, 15) is 19.8 Å². The summed E-state index contributed by atoms with van der Waals surface area (Å²) in [5.74, 6) is -2.43. The molecule has 0 atom stereocenters. The molecule has 2 N–H and O–H groups in total. The zero-order chi connectivity index (χ0) is 17.2. The average Bonchev–Trinajstić information content (AvgIpc) is 2.38. The zero-order valence-electron chi connectivity index (χ0n) is 16.8. The fourth-order valence-corrected chi connectivity index (χ4v) is 3.02. The van der Waals surface area contributed by atoms with Crippen LogP contribution in [0.2, 0.25) is 0 Å². The van der Waals surface area contributed by atoms with E-state index < -0.39 is 22.8 Å². The number of aliphatic carboxylic acids is 2. The van der Waals surface area contributed by atoms with Gasteiger partial charge in [-0.05, 0) is 11.8 Å². The third kappa shape index (κ3) is 8.04. The number of hydrogen-bond donors (Lipinski definition) is 2. The second-order valence-electron chi connectivity index (χ2n) is 7.34. The molecule has 23 heavy (non-hydrogen) atoms. The van der Waals surface area contributed by atoms with Crippen molar-refractivity contribution >= 4 is 11.9 Å². The van der Waals surface area contributed by atoms with Crippen molar-refractivity contribution in [3.63, 3.8) is 0 Å². The van der Waals surface area contributed by atoms with Crippen LogP contribution in [0.5, 0.6) is 0 Å². The van der Waals surface area contributed by atoms with Gasteiger partial charge < -0.3 is 11.6 Å². The largest absolute Gasteiger partial charge is 1.00 e. The molecule has 132 valence electrons. The second kappa shape index (κ2) is 12.3. The molecule has 0 amide bonds. The molecule has 5 heteroatoms. The molecule has 0 bridgehead atoms. The quantitative estimate of drug-likeness (QED) is 0.325. The molecule has 0 rings (SSSR count).